The van der Waals surface area contributed by atoms with Crippen LogP contribution in [0, 0.1) is 0 Å². The quantitative estimate of drug-likeness (QED) is 0.528. The van der Waals surface area contributed by atoms with Crippen molar-refractivity contribution < 1.29 is 15.0 Å². The summed E-state index contributed by atoms with van der Waals surface area (Å²) in [5.41, 5.74) is 4.79. The van der Waals surface area contributed by atoms with Crippen LogP contribution in [0.5, 0.6) is 11.5 Å². The van der Waals surface area contributed by atoms with Crippen LogP contribution in [0.2, 0.25) is 0 Å². The van der Waals surface area contributed by atoms with Gasteiger partial charge in [0.2, 0.25) is 0 Å². The minimum Gasteiger partial charge on any atom is -0.508 e. The minimum absolute atomic E-state index is 0.0787. The molecule has 0 saturated heterocycles. The second-order valence-electron chi connectivity index (χ2n) is 2.83. The number of amides is 1. The van der Waals surface area contributed by atoms with E-state index in [9.17, 15) is 4.79 Å². The lowest BCUT2D eigenvalue weighted by atomic mass is 10.2. The maximum atomic E-state index is 10.5. The molecule has 0 bridgehead atoms. The van der Waals surface area contributed by atoms with E-state index in [0.717, 1.165) is 6.07 Å². The Balaban J connectivity index is 0.000000212. The first-order valence-electron chi connectivity index (χ1n) is 4.37. The molecule has 0 aliphatic carbocycles. The fourth-order valence-corrected chi connectivity index (χ4v) is 0.937. The van der Waals surface area contributed by atoms with Crippen molar-refractivity contribution in [2.45, 2.75) is 0 Å². The Bertz CT molecular complexity index is 437. The molecule has 0 radical (unpaired) electrons. The van der Waals surface area contributed by atoms with Crippen molar-refractivity contribution in [1.82, 2.24) is 10.2 Å². The van der Waals surface area contributed by atoms with Crippen molar-refractivity contribution in [3.05, 3.63) is 42.2 Å². The molecule has 2 rings (SSSR count). The summed E-state index contributed by atoms with van der Waals surface area (Å²) in [5.74, 6) is -1.09. The summed E-state index contributed by atoms with van der Waals surface area (Å²) in [7, 11) is 0. The van der Waals surface area contributed by atoms with E-state index in [1.165, 1.54) is 12.1 Å². The number of benzene rings is 1. The van der Waals surface area contributed by atoms with E-state index in [1.54, 1.807) is 12.4 Å². The minimum atomic E-state index is -0.765. The van der Waals surface area contributed by atoms with Gasteiger partial charge >= 0.3 is 0 Å². The number of hydrogen-bond acceptors (Lipinski definition) is 4. The number of nitrogens with one attached hydrogen (secondary N) is 1. The molecule has 0 spiro atoms. The van der Waals surface area contributed by atoms with Crippen LogP contribution in [-0.2, 0) is 0 Å². The van der Waals surface area contributed by atoms with Crippen LogP contribution in [0.15, 0.2) is 36.7 Å². The van der Waals surface area contributed by atoms with Gasteiger partial charge in [0.1, 0.15) is 11.5 Å². The molecule has 0 saturated carbocycles. The summed E-state index contributed by atoms with van der Waals surface area (Å²) < 4.78 is 0. The zero-order valence-corrected chi connectivity index (χ0v) is 8.29. The number of aromatic amines is 1. The molecule has 6 heteroatoms. The van der Waals surface area contributed by atoms with Gasteiger partial charge in [-0.15, -0.1) is 0 Å². The number of aromatic nitrogens is 2. The molecule has 1 aromatic carbocycles. The number of phenolic OH excluding ortho intramolecular Hbond substituents is 1. The van der Waals surface area contributed by atoms with E-state index < -0.39 is 5.91 Å². The van der Waals surface area contributed by atoms with Gasteiger partial charge in [0.05, 0.1) is 5.56 Å². The lowest BCUT2D eigenvalue weighted by Gasteiger charge is -1.99. The highest BCUT2D eigenvalue weighted by Gasteiger charge is 2.06. The van der Waals surface area contributed by atoms with Crippen LogP contribution in [0.3, 0.4) is 0 Å². The third kappa shape index (κ3) is 3.33. The number of carbonyl (C=O) groups excluding carboxylic acids is 1. The smallest absolute Gasteiger partial charge is 0.252 e. The summed E-state index contributed by atoms with van der Waals surface area (Å²) in [6, 6.07) is 5.41. The molecule has 84 valence electrons. The molecule has 0 atom stereocenters. The molecular weight excluding hydrogens is 210 g/mol. The summed E-state index contributed by atoms with van der Waals surface area (Å²) in [6.45, 7) is 0. The first-order valence-corrected chi connectivity index (χ1v) is 4.37. The van der Waals surface area contributed by atoms with E-state index in [0.29, 0.717) is 0 Å². The number of hydrogen-bond donors (Lipinski definition) is 4. The van der Waals surface area contributed by atoms with Gasteiger partial charge in [0.15, 0.2) is 0 Å². The highest BCUT2D eigenvalue weighted by molar-refractivity contribution is 5.95. The molecule has 1 amide bonds. The number of primary amides is 1. The predicted molar refractivity (Wildman–Crippen MR) is 56.9 cm³/mol. The predicted octanol–water partition coefficient (Wildman–Crippen LogP) is 0.606. The SMILES string of the molecule is NC(=O)c1cc(O)ccc1O.c1cn[nH]c1. The maximum absolute atomic E-state index is 10.5. The van der Waals surface area contributed by atoms with E-state index in [-0.39, 0.29) is 17.1 Å². The number of rotatable bonds is 1. The Hall–Kier alpha value is -2.50. The molecule has 16 heavy (non-hydrogen) atoms. The second kappa shape index (κ2) is 5.40. The molecule has 6 nitrogen and oxygen atoms in total. The van der Waals surface area contributed by atoms with E-state index >= 15 is 0 Å². The van der Waals surface area contributed by atoms with Crippen molar-refractivity contribution in [2.75, 3.05) is 0 Å². The number of carbonyl (C=O) groups is 1. The fraction of sp³-hybridized carbons (Fsp3) is 0. The zero-order chi connectivity index (χ0) is 12.0. The molecule has 2 aromatic rings. The van der Waals surface area contributed by atoms with Crippen LogP contribution in [0.4, 0.5) is 0 Å². The Labute approximate surface area is 91.3 Å². The van der Waals surface area contributed by atoms with Crippen molar-refractivity contribution in [2.24, 2.45) is 5.73 Å². The molecule has 5 N–H and O–H groups in total. The van der Waals surface area contributed by atoms with Crippen LogP contribution in [0.25, 0.3) is 0 Å². The highest BCUT2D eigenvalue weighted by atomic mass is 16.3. The summed E-state index contributed by atoms with van der Waals surface area (Å²) in [4.78, 5) is 10.5. The molecule has 0 unspecified atom stereocenters. The first-order chi connectivity index (χ1) is 7.61. The molecule has 1 aromatic heterocycles. The van der Waals surface area contributed by atoms with Crippen LogP contribution < -0.4 is 5.73 Å². The van der Waals surface area contributed by atoms with Gasteiger partial charge in [-0.2, -0.15) is 5.10 Å². The van der Waals surface area contributed by atoms with Gasteiger partial charge in [-0.25, -0.2) is 0 Å². The van der Waals surface area contributed by atoms with Gasteiger partial charge in [0, 0.05) is 12.4 Å². The Morgan fingerprint density at radius 2 is 2.12 bits per heavy atom. The van der Waals surface area contributed by atoms with E-state index in [4.69, 9.17) is 15.9 Å². The largest absolute Gasteiger partial charge is 0.508 e. The Kier molecular flexibility index (Phi) is 3.90. The normalized spacial score (nSPS) is 9.00. The highest BCUT2D eigenvalue weighted by Crippen LogP contribution is 2.20. The van der Waals surface area contributed by atoms with Gasteiger partial charge in [-0.05, 0) is 24.3 Å². The Morgan fingerprint density at radius 1 is 1.38 bits per heavy atom. The third-order valence-electron chi connectivity index (χ3n) is 1.65. The average Bonchev–Trinajstić information content (AvgIpc) is 2.79. The van der Waals surface area contributed by atoms with Crippen LogP contribution >= 0.6 is 0 Å². The fourth-order valence-electron chi connectivity index (χ4n) is 0.937. The average molecular weight is 221 g/mol. The monoisotopic (exact) mass is 221 g/mol. The van der Waals surface area contributed by atoms with Crippen molar-refractivity contribution >= 4 is 5.91 Å². The lowest BCUT2D eigenvalue weighted by molar-refractivity contribution is 0.0997. The number of aromatic hydroxyl groups is 2. The number of phenols is 2. The van der Waals surface area contributed by atoms with Gasteiger partial charge in [-0.1, -0.05) is 0 Å². The van der Waals surface area contributed by atoms with Crippen molar-refractivity contribution in [3.63, 3.8) is 0 Å². The summed E-state index contributed by atoms with van der Waals surface area (Å²) in [6.07, 6.45) is 3.46. The maximum Gasteiger partial charge on any atom is 0.252 e. The second-order valence-corrected chi connectivity index (χ2v) is 2.83. The molecule has 1 heterocycles. The number of nitrogens with two attached hydrogens (primary N) is 1. The topological polar surface area (TPSA) is 112 Å². The molecule has 0 fully saturated rings. The first kappa shape index (κ1) is 11.6. The van der Waals surface area contributed by atoms with E-state index in [2.05, 4.69) is 10.2 Å². The lowest BCUT2D eigenvalue weighted by Crippen LogP contribution is -2.10. The number of nitrogens with zero attached hydrogens (tertiary/aromatic N) is 1. The van der Waals surface area contributed by atoms with Crippen LogP contribution in [-0.4, -0.2) is 26.3 Å². The Morgan fingerprint density at radius 3 is 2.50 bits per heavy atom. The summed E-state index contributed by atoms with van der Waals surface area (Å²) in [5, 5.41) is 24.1. The molecule has 0 aliphatic rings. The van der Waals surface area contributed by atoms with Gasteiger partial charge < -0.3 is 15.9 Å². The van der Waals surface area contributed by atoms with Crippen molar-refractivity contribution in [3.8, 4) is 11.5 Å². The molecular formula is C10H11N3O3. The van der Waals surface area contributed by atoms with Gasteiger partial charge in [0.25, 0.3) is 5.91 Å². The van der Waals surface area contributed by atoms with Crippen LogP contribution in [0.1, 0.15) is 10.4 Å². The molecule has 0 aliphatic heterocycles. The van der Waals surface area contributed by atoms with Crippen molar-refractivity contribution in [1.29, 1.82) is 0 Å². The zero-order valence-electron chi connectivity index (χ0n) is 8.29. The number of H-pyrrole nitrogens is 1. The third-order valence-corrected chi connectivity index (χ3v) is 1.65. The standard InChI is InChI=1S/C7H7NO3.C3H4N2/c8-7(11)5-3-4(9)1-2-6(5)10;1-2-4-5-3-1/h1-3,9-10H,(H2,8,11);1-3H,(H,4,5). The summed E-state index contributed by atoms with van der Waals surface area (Å²) >= 11 is 0. The van der Waals surface area contributed by atoms with Gasteiger partial charge in [-0.3, -0.25) is 9.89 Å². The van der Waals surface area contributed by atoms with E-state index in [1.807, 2.05) is 6.07 Å².